The van der Waals surface area contributed by atoms with E-state index in [0.717, 1.165) is 71.9 Å². The van der Waals surface area contributed by atoms with Crippen LogP contribution in [-0.2, 0) is 60.1 Å². The van der Waals surface area contributed by atoms with Crippen LogP contribution in [0.1, 0.15) is 44.9 Å². The highest BCUT2D eigenvalue weighted by atomic mass is 127. The maximum Gasteiger partial charge on any atom is 0.411 e. The van der Waals surface area contributed by atoms with Gasteiger partial charge in [-0.05, 0) is 98.1 Å². The second kappa shape index (κ2) is 28.0. The summed E-state index contributed by atoms with van der Waals surface area (Å²) in [5.74, 6) is -17.9. The molecule has 0 saturated carbocycles. The second-order valence-corrected chi connectivity index (χ2v) is 19.0. The number of benzene rings is 3. The Bertz CT molecular complexity index is 3420. The number of halogens is 21. The fourth-order valence-electron chi connectivity index (χ4n) is 7.88. The molecule has 2 saturated heterocycles. The molecule has 464 valence electrons. The van der Waals surface area contributed by atoms with Gasteiger partial charge in [0.2, 0.25) is 0 Å². The standard InChI is InChI=1S/C20H16F7N5O2.C19H14F7NO2.C14H8BrF4NO.FH.HI/c21-14-4-5-15(16(22)8-14)18(33,10-32-12-29-30-31-32)20(26,27)17-6-3-13(9-28-17)2-1-7-34-11-19(23,24)25;20-13-4-5-14(15(21)8-13)17(10-29-17)19(25,26)16-6-3-12(9-27-16)2-1-7-28-11-18(22,23)24;15-8-1-4-12(20-6-8)14(18,19)13(7-21-13)10-3-2-9(16)5-11(10)17;;/h1-6,8-9,12,33H,7,10-11H2;1-6,8-9H,7,10-11H2;1-6H,7H2;2*1H/b2*2-1+;;;. The first-order valence-corrected chi connectivity index (χ1v) is 24.5. The van der Waals surface area contributed by atoms with E-state index < -0.39 is 136 Å². The van der Waals surface area contributed by atoms with Crippen LogP contribution < -0.4 is 0 Å². The third kappa shape index (κ3) is 16.5. The molecule has 86 heavy (non-hydrogen) atoms. The lowest BCUT2D eigenvalue weighted by atomic mass is 9.84. The molecule has 9 rings (SSSR count). The fourth-order valence-corrected chi connectivity index (χ4v) is 8.11. The van der Waals surface area contributed by atoms with Crippen molar-refractivity contribution < 1.29 is 108 Å². The molecule has 4 aromatic heterocycles. The van der Waals surface area contributed by atoms with Crippen LogP contribution in [0.2, 0.25) is 0 Å². The highest BCUT2D eigenvalue weighted by Crippen LogP contribution is 2.58. The number of epoxide rings is 2. The fraction of sp³-hybridized carbons (Fsp3) is 0.283. The van der Waals surface area contributed by atoms with Crippen LogP contribution in [0.15, 0.2) is 133 Å². The number of hydrogen-bond acceptors (Lipinski definition) is 11. The normalized spacial score (nSPS) is 17.6. The molecule has 2 aliphatic rings. The van der Waals surface area contributed by atoms with E-state index in [1.165, 1.54) is 42.6 Å². The van der Waals surface area contributed by atoms with Crippen molar-refractivity contribution in [3.8, 4) is 0 Å². The Morgan fingerprint density at radius 3 is 1.35 bits per heavy atom. The summed E-state index contributed by atoms with van der Waals surface area (Å²) in [6.07, 6.45) is 0.432. The molecule has 1 N–H and O–H groups in total. The predicted molar refractivity (Wildman–Crippen MR) is 278 cm³/mol. The third-order valence-electron chi connectivity index (χ3n) is 12.1. The van der Waals surface area contributed by atoms with Crippen LogP contribution in [0.25, 0.3) is 12.2 Å². The van der Waals surface area contributed by atoms with Crippen LogP contribution in [0.4, 0.5) is 83.7 Å². The lowest BCUT2D eigenvalue weighted by Crippen LogP contribution is -2.48. The summed E-state index contributed by atoms with van der Waals surface area (Å²) in [5, 5.41) is 21.0. The molecule has 3 atom stereocenters. The highest BCUT2D eigenvalue weighted by molar-refractivity contribution is 14.0. The van der Waals surface area contributed by atoms with E-state index in [1.54, 1.807) is 0 Å². The van der Waals surface area contributed by atoms with Gasteiger partial charge in [-0.25, -0.2) is 31.0 Å². The maximum atomic E-state index is 15.6. The van der Waals surface area contributed by atoms with E-state index in [4.69, 9.17) is 9.47 Å². The van der Waals surface area contributed by atoms with Crippen molar-refractivity contribution in [1.82, 2.24) is 35.2 Å². The van der Waals surface area contributed by atoms with E-state index in [2.05, 4.69) is 55.9 Å². The summed E-state index contributed by atoms with van der Waals surface area (Å²) in [7, 11) is 0. The minimum absolute atomic E-state index is 0. The first kappa shape index (κ1) is 70.1. The minimum Gasteiger partial charge on any atom is -0.377 e. The maximum absolute atomic E-state index is 15.6. The lowest BCUT2D eigenvalue weighted by Gasteiger charge is -2.35. The minimum atomic E-state index is -4.48. The summed E-state index contributed by atoms with van der Waals surface area (Å²) in [6.45, 7) is -5.38. The third-order valence-corrected chi connectivity index (χ3v) is 12.6. The van der Waals surface area contributed by atoms with E-state index in [9.17, 15) is 75.4 Å². The number of aromatic nitrogens is 7. The monoisotopic (exact) mass is 1420 g/mol. The van der Waals surface area contributed by atoms with Crippen molar-refractivity contribution in [3.63, 3.8) is 0 Å². The van der Waals surface area contributed by atoms with Crippen LogP contribution in [0, 0.1) is 34.9 Å². The van der Waals surface area contributed by atoms with E-state index in [-0.39, 0.29) is 59.6 Å². The Morgan fingerprint density at radius 1 is 0.570 bits per heavy atom. The van der Waals surface area contributed by atoms with Gasteiger partial charge in [0.05, 0.1) is 33.0 Å². The number of rotatable bonds is 19. The Labute approximate surface area is 498 Å². The number of pyridine rings is 3. The molecule has 12 nitrogen and oxygen atoms in total. The highest BCUT2D eigenvalue weighted by Gasteiger charge is 2.69. The second-order valence-electron chi connectivity index (χ2n) is 18.1. The molecule has 2 aliphatic heterocycles. The quantitative estimate of drug-likeness (QED) is 0.0357. The average Bonchev–Trinajstić information content (AvgIpc) is 2.36. The van der Waals surface area contributed by atoms with Gasteiger partial charge < -0.3 is 24.1 Å². The van der Waals surface area contributed by atoms with Crippen molar-refractivity contribution in [2.24, 2.45) is 0 Å². The van der Waals surface area contributed by atoms with Gasteiger partial charge >= 0.3 is 30.1 Å². The Morgan fingerprint density at radius 2 is 0.988 bits per heavy atom. The molecule has 2 fully saturated rings. The van der Waals surface area contributed by atoms with E-state index in [1.807, 2.05) is 0 Å². The van der Waals surface area contributed by atoms with Gasteiger partial charge in [0.25, 0.3) is 0 Å². The molecule has 0 spiro atoms. The van der Waals surface area contributed by atoms with E-state index >= 15 is 8.78 Å². The topological polar surface area (TPSA) is 146 Å². The molecule has 33 heteroatoms. The number of alkyl halides is 12. The van der Waals surface area contributed by atoms with Crippen molar-refractivity contribution >= 4 is 52.1 Å². The van der Waals surface area contributed by atoms with Gasteiger partial charge in [-0.15, -0.1) is 29.1 Å². The molecule has 6 heterocycles. The number of ether oxygens (including phenoxy) is 4. The summed E-state index contributed by atoms with van der Waals surface area (Å²) in [6, 6.07) is 13.3. The van der Waals surface area contributed by atoms with Crippen molar-refractivity contribution in [3.05, 3.63) is 212 Å². The first-order valence-electron chi connectivity index (χ1n) is 23.7. The largest absolute Gasteiger partial charge is 0.411 e. The van der Waals surface area contributed by atoms with Crippen molar-refractivity contribution in [2.45, 2.75) is 53.5 Å². The number of nitrogens with zero attached hydrogens (tertiary/aromatic N) is 7. The van der Waals surface area contributed by atoms with Crippen molar-refractivity contribution in [2.75, 3.05) is 39.6 Å². The van der Waals surface area contributed by atoms with Crippen LogP contribution in [0.5, 0.6) is 0 Å². The van der Waals surface area contributed by atoms with Gasteiger partial charge in [0.15, 0.2) is 16.8 Å². The zero-order valence-corrected chi connectivity index (χ0v) is 46.9. The Kier molecular flexibility index (Phi) is 22.8. The molecular formula is C53H40BrF19IN7O5. The Balaban J connectivity index is 0.000000239. The smallest absolute Gasteiger partial charge is 0.377 e. The summed E-state index contributed by atoms with van der Waals surface area (Å²) >= 11 is 3.10. The zero-order chi connectivity index (χ0) is 61.5. The van der Waals surface area contributed by atoms with E-state index in [0.29, 0.717) is 40.4 Å². The number of aliphatic hydroxyl groups is 1. The van der Waals surface area contributed by atoms with Crippen LogP contribution in [-0.4, -0.2) is 92.3 Å². The number of hydrogen-bond donors (Lipinski definition) is 1. The lowest BCUT2D eigenvalue weighted by molar-refractivity contribution is -0.207. The molecule has 0 radical (unpaired) electrons. The summed E-state index contributed by atoms with van der Waals surface area (Å²) < 4.78 is 264. The average molecular weight is 1420 g/mol. The van der Waals surface area contributed by atoms with Gasteiger partial charge in [-0.3, -0.25) is 19.7 Å². The van der Waals surface area contributed by atoms with Crippen LogP contribution in [0.3, 0.4) is 0 Å². The molecule has 3 aromatic carbocycles. The molecule has 0 bridgehead atoms. The number of tetrazole rings is 1. The first-order chi connectivity index (χ1) is 39.3. The van der Waals surface area contributed by atoms with Gasteiger partial charge in [0.1, 0.15) is 71.5 Å². The van der Waals surface area contributed by atoms with Crippen LogP contribution >= 0.6 is 39.9 Å². The van der Waals surface area contributed by atoms with Crippen molar-refractivity contribution in [1.29, 1.82) is 0 Å². The molecular weight excluding hydrogens is 1380 g/mol. The zero-order valence-electron chi connectivity index (χ0n) is 42.9. The Hall–Kier alpha value is -6.66. The molecule has 3 unspecified atom stereocenters. The van der Waals surface area contributed by atoms with Gasteiger partial charge in [-0.1, -0.05) is 36.4 Å². The summed E-state index contributed by atoms with van der Waals surface area (Å²) in [4.78, 5) is 10.9. The van der Waals surface area contributed by atoms with Gasteiger partial charge in [0, 0.05) is 58.0 Å². The summed E-state index contributed by atoms with van der Waals surface area (Å²) in [5.41, 5.74) is -11.1. The molecule has 0 amide bonds. The molecule has 0 aliphatic carbocycles. The molecule has 7 aromatic rings. The SMILES string of the molecule is F.Fc1ccc(C2(C(F)(F)c3ccc(/C=C/COCC(F)(F)F)cn3)CO2)c(F)c1.Fc1ccc(C2(C(F)(F)c3ccc(Br)cn3)CO2)c(F)c1.I.OC(Cn1cnnn1)(c1ccc(F)cc1F)C(F)(F)c1ccc(/C=C/COCC(F)(F)F)cn1. The predicted octanol–water partition coefficient (Wildman–Crippen LogP) is 13.5. The van der Waals surface area contributed by atoms with Gasteiger partial charge in [-0.2, -0.15) is 52.7 Å².